The number of allylic oxidation sites excluding steroid dienone is 2. The van der Waals surface area contributed by atoms with E-state index >= 15 is 0 Å². The first-order valence-electron chi connectivity index (χ1n) is 8.77. The normalized spacial score (nSPS) is 27.2. The molecule has 2 atom stereocenters. The monoisotopic (exact) mass is 375 g/mol. The number of carbonyl (C=O) groups is 1. The maximum absolute atomic E-state index is 12.7. The first kappa shape index (κ1) is 17.4. The molecule has 1 heterocycles. The summed E-state index contributed by atoms with van der Waals surface area (Å²) in [6, 6.07) is 6.08. The third kappa shape index (κ3) is 3.20. The summed E-state index contributed by atoms with van der Waals surface area (Å²) < 4.78 is 32.0. The Labute approximate surface area is 152 Å². The van der Waals surface area contributed by atoms with Gasteiger partial charge in [0, 0.05) is 30.3 Å². The molecule has 1 saturated heterocycles. The van der Waals surface area contributed by atoms with Gasteiger partial charge in [0.25, 0.3) is 5.91 Å². The Kier molecular flexibility index (Phi) is 4.64. The van der Waals surface area contributed by atoms with Gasteiger partial charge in [-0.3, -0.25) is 4.79 Å². The van der Waals surface area contributed by atoms with Gasteiger partial charge in [-0.25, -0.2) is 13.8 Å². The molecule has 1 aliphatic heterocycles. The lowest BCUT2D eigenvalue weighted by atomic mass is 9.74. The van der Waals surface area contributed by atoms with Gasteiger partial charge in [0.05, 0.1) is 18.1 Å². The van der Waals surface area contributed by atoms with Gasteiger partial charge in [0.2, 0.25) is 10.0 Å². The molecular formula is C18H21N3O4S. The maximum atomic E-state index is 12.7. The molecule has 0 bridgehead atoms. The van der Waals surface area contributed by atoms with Gasteiger partial charge in [0.15, 0.2) is 0 Å². The van der Waals surface area contributed by atoms with Crippen molar-refractivity contribution in [1.29, 1.82) is 0 Å². The molecule has 2 aliphatic carbocycles. The van der Waals surface area contributed by atoms with E-state index in [0.29, 0.717) is 38.1 Å². The quantitative estimate of drug-likeness (QED) is 0.636. The zero-order valence-electron chi connectivity index (χ0n) is 14.3. The van der Waals surface area contributed by atoms with Crippen molar-refractivity contribution < 1.29 is 17.9 Å². The summed E-state index contributed by atoms with van der Waals surface area (Å²) in [7, 11) is -3.63. The zero-order valence-corrected chi connectivity index (χ0v) is 15.1. The van der Waals surface area contributed by atoms with E-state index in [-0.39, 0.29) is 10.5 Å². The Morgan fingerprint density at radius 3 is 2.85 bits per heavy atom. The number of benzene rings is 1. The number of fused-ring (bicyclic) bond motifs is 1. The molecule has 2 fully saturated rings. The van der Waals surface area contributed by atoms with Gasteiger partial charge in [-0.05, 0) is 37.0 Å². The lowest BCUT2D eigenvalue weighted by Gasteiger charge is -2.31. The number of amides is 1. The highest BCUT2D eigenvalue weighted by atomic mass is 32.2. The summed E-state index contributed by atoms with van der Waals surface area (Å²) in [5.41, 5.74) is 3.85. The van der Waals surface area contributed by atoms with E-state index in [1.807, 2.05) is 0 Å². The predicted molar refractivity (Wildman–Crippen MR) is 96.3 cm³/mol. The maximum Gasteiger partial charge on any atom is 0.271 e. The number of rotatable bonds is 4. The number of ether oxygens (including phenoxy) is 1. The van der Waals surface area contributed by atoms with Crippen molar-refractivity contribution in [1.82, 2.24) is 9.73 Å². The molecule has 1 saturated carbocycles. The Bertz CT molecular complexity index is 872. The molecule has 26 heavy (non-hydrogen) atoms. The molecule has 0 radical (unpaired) electrons. The summed E-state index contributed by atoms with van der Waals surface area (Å²) >= 11 is 0. The van der Waals surface area contributed by atoms with Crippen LogP contribution in [-0.2, 0) is 14.8 Å². The van der Waals surface area contributed by atoms with Gasteiger partial charge in [-0.2, -0.15) is 9.41 Å². The van der Waals surface area contributed by atoms with Crippen molar-refractivity contribution in [2.75, 3.05) is 26.3 Å². The van der Waals surface area contributed by atoms with Crippen LogP contribution in [0.2, 0.25) is 0 Å². The third-order valence-corrected chi connectivity index (χ3v) is 7.06. The summed E-state index contributed by atoms with van der Waals surface area (Å²) in [5, 5.41) is 4.23. The van der Waals surface area contributed by atoms with Gasteiger partial charge < -0.3 is 4.74 Å². The Hall–Kier alpha value is -2.03. The predicted octanol–water partition coefficient (Wildman–Crippen LogP) is 1.39. The van der Waals surface area contributed by atoms with Crippen molar-refractivity contribution in [3.63, 3.8) is 0 Å². The Morgan fingerprint density at radius 1 is 1.27 bits per heavy atom. The molecule has 1 aromatic carbocycles. The lowest BCUT2D eigenvalue weighted by Crippen LogP contribution is -2.40. The van der Waals surface area contributed by atoms with Crippen LogP contribution in [0.4, 0.5) is 0 Å². The summed E-state index contributed by atoms with van der Waals surface area (Å²) in [5.74, 6) is 0.585. The largest absolute Gasteiger partial charge is 0.379 e. The first-order valence-corrected chi connectivity index (χ1v) is 10.2. The Balaban J connectivity index is 1.47. The van der Waals surface area contributed by atoms with Crippen LogP contribution in [0.1, 0.15) is 23.2 Å². The first-order chi connectivity index (χ1) is 12.6. The minimum atomic E-state index is -3.63. The fourth-order valence-electron chi connectivity index (χ4n) is 3.58. The molecule has 1 aromatic rings. The summed E-state index contributed by atoms with van der Waals surface area (Å²) in [4.78, 5) is 12.5. The molecule has 0 unspecified atom stereocenters. The summed E-state index contributed by atoms with van der Waals surface area (Å²) in [6.07, 6.45) is 6.21. The second-order valence-corrected chi connectivity index (χ2v) is 8.66. The number of hydrazone groups is 1. The minimum absolute atomic E-state index is 0.114. The van der Waals surface area contributed by atoms with E-state index in [1.165, 1.54) is 16.4 Å². The van der Waals surface area contributed by atoms with Crippen LogP contribution in [0.15, 0.2) is 46.4 Å². The second kappa shape index (κ2) is 6.94. The third-order valence-electron chi connectivity index (χ3n) is 5.17. The van der Waals surface area contributed by atoms with E-state index in [2.05, 4.69) is 22.7 Å². The fourth-order valence-corrected chi connectivity index (χ4v) is 5.04. The highest BCUT2D eigenvalue weighted by Gasteiger charge is 2.38. The van der Waals surface area contributed by atoms with E-state index in [4.69, 9.17) is 4.74 Å². The average molecular weight is 375 g/mol. The minimum Gasteiger partial charge on any atom is -0.379 e. The smallest absolute Gasteiger partial charge is 0.271 e. The molecule has 138 valence electrons. The molecule has 0 spiro atoms. The summed E-state index contributed by atoms with van der Waals surface area (Å²) in [6.45, 7) is 1.41. The molecule has 4 rings (SSSR count). The highest BCUT2D eigenvalue weighted by molar-refractivity contribution is 7.89. The van der Waals surface area contributed by atoms with Crippen molar-refractivity contribution >= 4 is 21.6 Å². The molecule has 0 aromatic heterocycles. The van der Waals surface area contributed by atoms with Crippen molar-refractivity contribution in [3.8, 4) is 0 Å². The Morgan fingerprint density at radius 2 is 2.08 bits per heavy atom. The second-order valence-electron chi connectivity index (χ2n) is 6.73. The molecular weight excluding hydrogens is 354 g/mol. The number of hydrogen-bond acceptors (Lipinski definition) is 5. The number of sulfonamides is 1. The van der Waals surface area contributed by atoms with Crippen LogP contribution in [-0.4, -0.2) is 50.6 Å². The highest BCUT2D eigenvalue weighted by Crippen LogP contribution is 2.40. The molecule has 1 amide bonds. The number of nitrogens with zero attached hydrogens (tertiary/aromatic N) is 2. The average Bonchev–Trinajstić information content (AvgIpc) is 3.03. The van der Waals surface area contributed by atoms with Crippen LogP contribution in [0, 0.1) is 11.8 Å². The molecule has 3 aliphatic rings. The van der Waals surface area contributed by atoms with E-state index in [9.17, 15) is 13.2 Å². The SMILES string of the molecule is O=C(N/N=C1/C[C@H]2C=CC[C@H]12)c1cccc(S(=O)(=O)N2CCOCC2)c1. The number of carbonyl (C=O) groups excluding carboxylic acids is 1. The van der Waals surface area contributed by atoms with Crippen molar-refractivity contribution in [2.24, 2.45) is 16.9 Å². The van der Waals surface area contributed by atoms with Crippen LogP contribution in [0.25, 0.3) is 0 Å². The molecule has 7 nitrogen and oxygen atoms in total. The van der Waals surface area contributed by atoms with Gasteiger partial charge in [-0.1, -0.05) is 18.2 Å². The van der Waals surface area contributed by atoms with Crippen LogP contribution in [0.3, 0.4) is 0 Å². The number of hydrogen-bond donors (Lipinski definition) is 1. The number of morpholine rings is 1. The van der Waals surface area contributed by atoms with Crippen molar-refractivity contribution in [2.45, 2.75) is 17.7 Å². The molecule has 1 N–H and O–H groups in total. The topological polar surface area (TPSA) is 88.1 Å². The van der Waals surface area contributed by atoms with E-state index < -0.39 is 15.9 Å². The van der Waals surface area contributed by atoms with Crippen LogP contribution < -0.4 is 5.43 Å². The van der Waals surface area contributed by atoms with Crippen LogP contribution in [0.5, 0.6) is 0 Å². The molecule has 8 heteroatoms. The van der Waals surface area contributed by atoms with E-state index in [1.54, 1.807) is 12.1 Å². The number of nitrogens with one attached hydrogen (secondary N) is 1. The van der Waals surface area contributed by atoms with Gasteiger partial charge in [-0.15, -0.1) is 0 Å². The van der Waals surface area contributed by atoms with Gasteiger partial charge >= 0.3 is 0 Å². The fraction of sp³-hybridized carbons (Fsp3) is 0.444. The zero-order chi connectivity index (χ0) is 18.1. The standard InChI is InChI=1S/C18H21N3O4S/c22-18(20-19-17-12-13-3-2-6-16(13)17)14-4-1-5-15(11-14)26(23,24)21-7-9-25-10-8-21/h1-5,11,13,16H,6-10,12H2,(H,20,22)/b19-17-/t13-,16+/m1/s1. The van der Waals surface area contributed by atoms with Gasteiger partial charge in [0.1, 0.15) is 0 Å². The van der Waals surface area contributed by atoms with E-state index in [0.717, 1.165) is 18.6 Å². The lowest BCUT2D eigenvalue weighted by molar-refractivity contribution is 0.0730. The van der Waals surface area contributed by atoms with Crippen molar-refractivity contribution in [3.05, 3.63) is 42.0 Å². The van der Waals surface area contributed by atoms with Crippen LogP contribution >= 0.6 is 0 Å².